The van der Waals surface area contributed by atoms with Gasteiger partial charge in [-0.25, -0.2) is 4.98 Å². The summed E-state index contributed by atoms with van der Waals surface area (Å²) in [5.41, 5.74) is 1.85. The molecular weight excluding hydrogens is 410 g/mol. The van der Waals surface area contributed by atoms with Crippen LogP contribution in [0.15, 0.2) is 48.5 Å². The lowest BCUT2D eigenvalue weighted by Crippen LogP contribution is -2.20. The summed E-state index contributed by atoms with van der Waals surface area (Å²) >= 11 is 7.27. The fourth-order valence-corrected chi connectivity index (χ4v) is 4.43. The highest BCUT2D eigenvalue weighted by atomic mass is 35.5. The topological polar surface area (TPSA) is 80.3 Å². The number of ether oxygens (including phenoxy) is 1. The van der Waals surface area contributed by atoms with E-state index in [1.807, 2.05) is 12.1 Å². The number of nitrogens with zero attached hydrogens (tertiary/aromatic N) is 1. The smallest absolute Gasteiger partial charge is 0.257 e. The molecule has 6 nitrogen and oxygen atoms in total. The highest BCUT2D eigenvalue weighted by molar-refractivity contribution is 7.16. The van der Waals surface area contributed by atoms with E-state index < -0.39 is 0 Å². The third-order valence-corrected chi connectivity index (χ3v) is 6.02. The zero-order valence-corrected chi connectivity index (χ0v) is 17.1. The summed E-state index contributed by atoms with van der Waals surface area (Å²) in [5, 5.41) is 6.79. The first-order chi connectivity index (χ1) is 14.0. The summed E-state index contributed by atoms with van der Waals surface area (Å²) in [6.07, 6.45) is 1.45. The van der Waals surface area contributed by atoms with Gasteiger partial charge in [0.15, 0.2) is 5.13 Å². The molecule has 2 N–H and O–H groups in total. The van der Waals surface area contributed by atoms with Crippen LogP contribution in [0.2, 0.25) is 5.02 Å². The molecular formula is C21H18ClN3O3S. The van der Waals surface area contributed by atoms with Gasteiger partial charge in [-0.1, -0.05) is 23.7 Å². The second-order valence-corrected chi connectivity index (χ2v) is 8.09. The van der Waals surface area contributed by atoms with Gasteiger partial charge in [0, 0.05) is 15.5 Å². The van der Waals surface area contributed by atoms with Crippen LogP contribution >= 0.6 is 22.9 Å². The van der Waals surface area contributed by atoms with Gasteiger partial charge >= 0.3 is 0 Å². The van der Waals surface area contributed by atoms with Crippen molar-refractivity contribution >= 4 is 45.6 Å². The van der Waals surface area contributed by atoms with Gasteiger partial charge in [0.05, 0.1) is 24.4 Å². The highest BCUT2D eigenvalue weighted by Gasteiger charge is 2.33. The number of rotatable bonds is 5. The number of nitrogens with one attached hydrogen (secondary N) is 2. The number of carbonyl (C=O) groups is 2. The molecule has 29 heavy (non-hydrogen) atoms. The number of aromatic nitrogens is 1. The lowest BCUT2D eigenvalue weighted by molar-refractivity contribution is -0.117. The van der Waals surface area contributed by atoms with Crippen LogP contribution in [0.25, 0.3) is 0 Å². The first kappa shape index (κ1) is 19.4. The minimum Gasteiger partial charge on any atom is -0.495 e. The maximum Gasteiger partial charge on any atom is 0.257 e. The molecule has 0 fully saturated rings. The largest absolute Gasteiger partial charge is 0.495 e. The number of amides is 2. The predicted molar refractivity (Wildman–Crippen MR) is 114 cm³/mol. The molecule has 2 aromatic carbocycles. The molecule has 3 aromatic rings. The SMILES string of the molecule is COc1ccccc1NC(=O)C1CCc2sc(NC(=O)c3ccc(Cl)cc3)nc21. The van der Waals surface area contributed by atoms with Gasteiger partial charge in [-0.15, -0.1) is 11.3 Å². The van der Waals surface area contributed by atoms with Gasteiger partial charge in [0.2, 0.25) is 5.91 Å². The number of hydrogen-bond donors (Lipinski definition) is 2. The van der Waals surface area contributed by atoms with Gasteiger partial charge in [-0.2, -0.15) is 0 Å². The fourth-order valence-electron chi connectivity index (χ4n) is 3.27. The van der Waals surface area contributed by atoms with Crippen LogP contribution in [0.1, 0.15) is 33.3 Å². The number of benzene rings is 2. The van der Waals surface area contributed by atoms with Crippen molar-refractivity contribution in [1.29, 1.82) is 0 Å². The summed E-state index contributed by atoms with van der Waals surface area (Å²) in [7, 11) is 1.56. The average Bonchev–Trinajstić information content (AvgIpc) is 3.29. The number of aryl methyl sites for hydroxylation is 1. The van der Waals surface area contributed by atoms with Gasteiger partial charge in [-0.05, 0) is 49.2 Å². The quantitative estimate of drug-likeness (QED) is 0.617. The Kier molecular flexibility index (Phi) is 5.51. The van der Waals surface area contributed by atoms with Crippen LogP contribution in [-0.4, -0.2) is 23.9 Å². The molecule has 0 bridgehead atoms. The molecule has 0 radical (unpaired) electrons. The van der Waals surface area contributed by atoms with Crippen molar-refractivity contribution in [2.75, 3.05) is 17.7 Å². The number of methoxy groups -OCH3 is 1. The van der Waals surface area contributed by atoms with E-state index >= 15 is 0 Å². The second kappa shape index (κ2) is 8.23. The van der Waals surface area contributed by atoms with Crippen LogP contribution < -0.4 is 15.4 Å². The van der Waals surface area contributed by atoms with Crippen molar-refractivity contribution in [3.05, 3.63) is 69.7 Å². The van der Waals surface area contributed by atoms with Gasteiger partial charge in [0.25, 0.3) is 5.91 Å². The monoisotopic (exact) mass is 427 g/mol. The molecule has 0 aliphatic heterocycles. The molecule has 0 saturated heterocycles. The molecule has 1 atom stereocenters. The molecule has 1 aromatic heterocycles. The molecule has 1 unspecified atom stereocenters. The third-order valence-electron chi connectivity index (χ3n) is 4.73. The fraction of sp³-hybridized carbons (Fsp3) is 0.190. The van der Waals surface area contributed by atoms with E-state index in [-0.39, 0.29) is 17.7 Å². The standard InChI is InChI=1S/C21H18ClN3O3S/c1-28-16-5-3-2-4-15(16)23-20(27)14-10-11-17-18(14)24-21(29-17)25-19(26)12-6-8-13(22)9-7-12/h2-9,14H,10-11H2,1H3,(H,23,27)(H,24,25,26). The maximum absolute atomic E-state index is 12.8. The average molecular weight is 428 g/mol. The van der Waals surface area contributed by atoms with Gasteiger partial charge in [-0.3, -0.25) is 14.9 Å². The van der Waals surface area contributed by atoms with E-state index in [2.05, 4.69) is 15.6 Å². The van der Waals surface area contributed by atoms with Crippen molar-refractivity contribution in [3.8, 4) is 5.75 Å². The summed E-state index contributed by atoms with van der Waals surface area (Å²) in [6.45, 7) is 0. The lowest BCUT2D eigenvalue weighted by Gasteiger charge is -2.13. The van der Waals surface area contributed by atoms with Crippen LogP contribution in [0.3, 0.4) is 0 Å². The van der Waals surface area contributed by atoms with E-state index in [1.54, 1.807) is 43.5 Å². The zero-order chi connectivity index (χ0) is 20.4. The molecule has 2 amide bonds. The molecule has 1 heterocycles. The van der Waals surface area contributed by atoms with Crippen molar-refractivity contribution < 1.29 is 14.3 Å². The Hall–Kier alpha value is -2.90. The number of hydrogen-bond acceptors (Lipinski definition) is 5. The van der Waals surface area contributed by atoms with Crippen LogP contribution in [0, 0.1) is 0 Å². The maximum atomic E-state index is 12.8. The normalized spacial score (nSPS) is 14.9. The Morgan fingerprint density at radius 2 is 1.90 bits per heavy atom. The number of para-hydroxylation sites is 2. The number of carbonyl (C=O) groups excluding carboxylic acids is 2. The molecule has 0 saturated carbocycles. The molecule has 1 aliphatic carbocycles. The van der Waals surface area contributed by atoms with Gasteiger partial charge in [0.1, 0.15) is 5.75 Å². The Balaban J connectivity index is 1.48. The second-order valence-electron chi connectivity index (χ2n) is 6.57. The zero-order valence-electron chi connectivity index (χ0n) is 15.6. The van der Waals surface area contributed by atoms with Crippen LogP contribution in [-0.2, 0) is 11.2 Å². The van der Waals surface area contributed by atoms with Crippen LogP contribution in [0.4, 0.5) is 10.8 Å². The van der Waals surface area contributed by atoms with Crippen molar-refractivity contribution in [2.45, 2.75) is 18.8 Å². The predicted octanol–water partition coefficient (Wildman–Crippen LogP) is 4.73. The van der Waals surface area contributed by atoms with E-state index in [0.717, 1.165) is 17.0 Å². The molecule has 4 rings (SSSR count). The molecule has 8 heteroatoms. The van der Waals surface area contributed by atoms with E-state index in [1.165, 1.54) is 11.3 Å². The first-order valence-electron chi connectivity index (χ1n) is 9.05. The Morgan fingerprint density at radius 1 is 1.14 bits per heavy atom. The Morgan fingerprint density at radius 3 is 2.66 bits per heavy atom. The third kappa shape index (κ3) is 4.11. The Labute approximate surface area is 176 Å². The van der Waals surface area contributed by atoms with Crippen molar-refractivity contribution in [1.82, 2.24) is 4.98 Å². The van der Waals surface area contributed by atoms with E-state index in [0.29, 0.717) is 33.6 Å². The summed E-state index contributed by atoms with van der Waals surface area (Å²) in [6, 6.07) is 13.9. The lowest BCUT2D eigenvalue weighted by atomic mass is 10.1. The van der Waals surface area contributed by atoms with E-state index in [9.17, 15) is 9.59 Å². The summed E-state index contributed by atoms with van der Waals surface area (Å²) in [5.74, 6) is -0.140. The van der Waals surface area contributed by atoms with E-state index in [4.69, 9.17) is 16.3 Å². The number of anilines is 2. The van der Waals surface area contributed by atoms with Crippen molar-refractivity contribution in [3.63, 3.8) is 0 Å². The summed E-state index contributed by atoms with van der Waals surface area (Å²) in [4.78, 5) is 30.8. The highest BCUT2D eigenvalue weighted by Crippen LogP contribution is 2.39. The van der Waals surface area contributed by atoms with Crippen LogP contribution in [0.5, 0.6) is 5.75 Å². The molecule has 0 spiro atoms. The van der Waals surface area contributed by atoms with Crippen molar-refractivity contribution in [2.24, 2.45) is 0 Å². The molecule has 1 aliphatic rings. The number of fused-ring (bicyclic) bond motifs is 1. The minimum atomic E-state index is -0.354. The summed E-state index contributed by atoms with van der Waals surface area (Å²) < 4.78 is 5.29. The first-order valence-corrected chi connectivity index (χ1v) is 10.2. The number of halogens is 1. The van der Waals surface area contributed by atoms with Gasteiger partial charge < -0.3 is 10.1 Å². The minimum absolute atomic E-state index is 0.130. The Bertz CT molecular complexity index is 1070. The number of thiazole rings is 1. The molecule has 148 valence electrons.